The lowest BCUT2D eigenvalue weighted by Crippen LogP contribution is -2.50. The van der Waals surface area contributed by atoms with Crippen LogP contribution >= 0.6 is 11.3 Å². The summed E-state index contributed by atoms with van der Waals surface area (Å²) in [5.74, 6) is -0.764. The Balaban J connectivity index is 1.67. The standard InChI is InChI=1S/C18H25NO3S/c20-16(21)13-6-8-14(9-7-13)19-17(22)18(10-2-1-3-11-18)15-5-4-12-23-15/h4-5,12-14H,1-3,6-11H2,(H,19,22)(H,20,21). The van der Waals surface area contributed by atoms with E-state index < -0.39 is 5.97 Å². The number of nitrogens with one attached hydrogen (secondary N) is 1. The van der Waals surface area contributed by atoms with E-state index in [1.54, 1.807) is 11.3 Å². The summed E-state index contributed by atoms with van der Waals surface area (Å²) in [6, 6.07) is 4.26. The van der Waals surface area contributed by atoms with Crippen LogP contribution in [0.15, 0.2) is 17.5 Å². The number of carbonyl (C=O) groups is 2. The van der Waals surface area contributed by atoms with Gasteiger partial charge in [0.25, 0.3) is 0 Å². The molecule has 23 heavy (non-hydrogen) atoms. The second-order valence-corrected chi connectivity index (χ2v) is 7.93. The minimum absolute atomic E-state index is 0.136. The van der Waals surface area contributed by atoms with Gasteiger partial charge >= 0.3 is 5.97 Å². The van der Waals surface area contributed by atoms with Crippen molar-refractivity contribution in [2.75, 3.05) is 0 Å². The van der Waals surface area contributed by atoms with Gasteiger partial charge in [-0.15, -0.1) is 11.3 Å². The molecule has 1 aromatic rings. The summed E-state index contributed by atoms with van der Waals surface area (Å²) in [5, 5.41) is 14.4. The van der Waals surface area contributed by atoms with Crippen molar-refractivity contribution < 1.29 is 14.7 Å². The number of hydrogen-bond acceptors (Lipinski definition) is 3. The molecule has 1 aromatic heterocycles. The van der Waals surface area contributed by atoms with Crippen LogP contribution in [0.2, 0.25) is 0 Å². The normalized spacial score (nSPS) is 27.3. The Morgan fingerprint density at radius 3 is 2.39 bits per heavy atom. The molecular formula is C18H25NO3S. The molecule has 5 heteroatoms. The first-order valence-corrected chi connectivity index (χ1v) is 9.57. The number of aliphatic carboxylic acids is 1. The van der Waals surface area contributed by atoms with Gasteiger partial charge in [0.2, 0.25) is 5.91 Å². The van der Waals surface area contributed by atoms with Gasteiger partial charge in [0.05, 0.1) is 11.3 Å². The third kappa shape index (κ3) is 3.44. The number of rotatable bonds is 4. The van der Waals surface area contributed by atoms with E-state index in [0.29, 0.717) is 12.8 Å². The van der Waals surface area contributed by atoms with Crippen LogP contribution in [0.1, 0.15) is 62.7 Å². The topological polar surface area (TPSA) is 66.4 Å². The Morgan fingerprint density at radius 1 is 1.13 bits per heavy atom. The number of carbonyl (C=O) groups excluding carboxylic acids is 1. The summed E-state index contributed by atoms with van der Waals surface area (Å²) in [6.45, 7) is 0. The van der Waals surface area contributed by atoms with Gasteiger partial charge in [0, 0.05) is 10.9 Å². The Kier molecular flexibility index (Phi) is 5.05. The minimum atomic E-state index is -0.697. The summed E-state index contributed by atoms with van der Waals surface area (Å²) in [7, 11) is 0. The lowest BCUT2D eigenvalue weighted by Gasteiger charge is -2.37. The van der Waals surface area contributed by atoms with Crippen molar-refractivity contribution in [1.29, 1.82) is 0 Å². The summed E-state index contributed by atoms with van der Waals surface area (Å²) in [6.07, 6.45) is 8.21. The molecule has 126 valence electrons. The first-order chi connectivity index (χ1) is 11.1. The zero-order valence-corrected chi connectivity index (χ0v) is 14.2. The summed E-state index contributed by atoms with van der Waals surface area (Å²) < 4.78 is 0. The number of carboxylic acid groups (broad SMARTS) is 1. The lowest BCUT2D eigenvalue weighted by molar-refractivity contribution is -0.142. The highest BCUT2D eigenvalue weighted by Gasteiger charge is 2.42. The molecule has 0 saturated heterocycles. The number of carboxylic acids is 1. The number of amides is 1. The molecule has 0 radical (unpaired) electrons. The average molecular weight is 335 g/mol. The van der Waals surface area contributed by atoms with E-state index in [1.165, 1.54) is 11.3 Å². The van der Waals surface area contributed by atoms with Crippen LogP contribution in [-0.2, 0) is 15.0 Å². The first-order valence-electron chi connectivity index (χ1n) is 8.69. The Labute approximate surface area is 141 Å². The highest BCUT2D eigenvalue weighted by atomic mass is 32.1. The van der Waals surface area contributed by atoms with E-state index in [0.717, 1.165) is 38.5 Å². The van der Waals surface area contributed by atoms with Crippen LogP contribution in [0.3, 0.4) is 0 Å². The second-order valence-electron chi connectivity index (χ2n) is 6.98. The molecule has 4 nitrogen and oxygen atoms in total. The van der Waals surface area contributed by atoms with Crippen molar-refractivity contribution in [3.63, 3.8) is 0 Å². The Morgan fingerprint density at radius 2 is 1.83 bits per heavy atom. The monoisotopic (exact) mass is 335 g/mol. The Bertz CT molecular complexity index is 541. The number of thiophene rings is 1. The SMILES string of the molecule is O=C(O)C1CCC(NC(=O)C2(c3cccs3)CCCCC2)CC1. The summed E-state index contributed by atoms with van der Waals surface area (Å²) >= 11 is 1.68. The van der Waals surface area contributed by atoms with Crippen LogP contribution in [0.5, 0.6) is 0 Å². The largest absolute Gasteiger partial charge is 0.481 e. The van der Waals surface area contributed by atoms with Gasteiger partial charge in [-0.25, -0.2) is 0 Å². The van der Waals surface area contributed by atoms with Gasteiger partial charge in [0.15, 0.2) is 0 Å². The van der Waals surface area contributed by atoms with Crippen LogP contribution in [0.25, 0.3) is 0 Å². The molecular weight excluding hydrogens is 310 g/mol. The predicted molar refractivity (Wildman–Crippen MR) is 90.6 cm³/mol. The fourth-order valence-corrected chi connectivity index (χ4v) is 5.08. The minimum Gasteiger partial charge on any atom is -0.481 e. The third-order valence-corrected chi connectivity index (χ3v) is 6.62. The van der Waals surface area contributed by atoms with Crippen LogP contribution in [0.4, 0.5) is 0 Å². The fraction of sp³-hybridized carbons (Fsp3) is 0.667. The third-order valence-electron chi connectivity index (χ3n) is 5.55. The van der Waals surface area contributed by atoms with E-state index in [9.17, 15) is 9.59 Å². The molecule has 0 aromatic carbocycles. The van der Waals surface area contributed by atoms with Crippen LogP contribution in [0, 0.1) is 5.92 Å². The number of hydrogen-bond donors (Lipinski definition) is 2. The van der Waals surface area contributed by atoms with Crippen molar-refractivity contribution in [3.8, 4) is 0 Å². The molecule has 2 fully saturated rings. The smallest absolute Gasteiger partial charge is 0.306 e. The van der Waals surface area contributed by atoms with E-state index in [2.05, 4.69) is 16.8 Å². The summed E-state index contributed by atoms with van der Waals surface area (Å²) in [4.78, 5) is 25.3. The molecule has 2 aliphatic carbocycles. The van der Waals surface area contributed by atoms with E-state index >= 15 is 0 Å². The maximum atomic E-state index is 13.1. The molecule has 2 aliphatic rings. The quantitative estimate of drug-likeness (QED) is 0.881. The Hall–Kier alpha value is -1.36. The van der Waals surface area contributed by atoms with Gasteiger partial charge in [-0.05, 0) is 50.0 Å². The van der Waals surface area contributed by atoms with Gasteiger partial charge < -0.3 is 10.4 Å². The summed E-state index contributed by atoms with van der Waals surface area (Å²) in [5.41, 5.74) is -0.351. The molecule has 0 atom stereocenters. The van der Waals surface area contributed by atoms with Crippen molar-refractivity contribution in [3.05, 3.63) is 22.4 Å². The highest BCUT2D eigenvalue weighted by Crippen LogP contribution is 2.42. The molecule has 0 bridgehead atoms. The molecule has 1 heterocycles. The van der Waals surface area contributed by atoms with Crippen molar-refractivity contribution in [1.82, 2.24) is 5.32 Å². The molecule has 3 rings (SSSR count). The first kappa shape index (κ1) is 16.5. The van der Waals surface area contributed by atoms with Gasteiger partial charge in [-0.2, -0.15) is 0 Å². The molecule has 2 saturated carbocycles. The van der Waals surface area contributed by atoms with Crippen LogP contribution in [-0.4, -0.2) is 23.0 Å². The van der Waals surface area contributed by atoms with Crippen molar-refractivity contribution >= 4 is 23.2 Å². The molecule has 0 aliphatic heterocycles. The maximum absolute atomic E-state index is 13.1. The second kappa shape index (κ2) is 7.04. The van der Waals surface area contributed by atoms with Gasteiger partial charge in [0.1, 0.15) is 0 Å². The van der Waals surface area contributed by atoms with Crippen LogP contribution < -0.4 is 5.32 Å². The highest BCUT2D eigenvalue weighted by molar-refractivity contribution is 7.10. The van der Waals surface area contributed by atoms with E-state index in [1.807, 2.05) is 6.07 Å². The average Bonchev–Trinajstić information content (AvgIpc) is 3.11. The van der Waals surface area contributed by atoms with E-state index in [-0.39, 0.29) is 23.3 Å². The zero-order chi connectivity index (χ0) is 16.3. The van der Waals surface area contributed by atoms with E-state index in [4.69, 9.17) is 5.11 Å². The van der Waals surface area contributed by atoms with Crippen molar-refractivity contribution in [2.24, 2.45) is 5.92 Å². The predicted octanol–water partition coefficient (Wildman–Crippen LogP) is 3.71. The zero-order valence-electron chi connectivity index (χ0n) is 13.4. The van der Waals surface area contributed by atoms with Gasteiger partial charge in [-0.3, -0.25) is 9.59 Å². The molecule has 1 amide bonds. The molecule has 2 N–H and O–H groups in total. The molecule has 0 unspecified atom stereocenters. The fourth-order valence-electron chi connectivity index (χ4n) is 4.10. The molecule has 0 spiro atoms. The van der Waals surface area contributed by atoms with Gasteiger partial charge in [-0.1, -0.05) is 25.3 Å². The lowest BCUT2D eigenvalue weighted by atomic mass is 9.72. The van der Waals surface area contributed by atoms with Crippen molar-refractivity contribution in [2.45, 2.75) is 69.2 Å². The maximum Gasteiger partial charge on any atom is 0.306 e.